The number of ether oxygens (including phenoxy) is 1. The van der Waals surface area contributed by atoms with Crippen LogP contribution < -0.4 is 5.32 Å². The van der Waals surface area contributed by atoms with Gasteiger partial charge in [-0.15, -0.1) is 0 Å². The van der Waals surface area contributed by atoms with E-state index in [1.165, 1.54) is 0 Å². The Kier molecular flexibility index (Phi) is 6.25. The summed E-state index contributed by atoms with van der Waals surface area (Å²) in [7, 11) is 0. The normalized spacial score (nSPS) is 16.9. The summed E-state index contributed by atoms with van der Waals surface area (Å²) in [5, 5.41) is 12.2. The van der Waals surface area contributed by atoms with Gasteiger partial charge in [-0.2, -0.15) is 0 Å². The largest absolute Gasteiger partial charge is 0.481 e. The lowest BCUT2D eigenvalue weighted by Gasteiger charge is -2.30. The monoisotopic (exact) mass is 491 g/mol. The van der Waals surface area contributed by atoms with Gasteiger partial charge in [0.05, 0.1) is 11.6 Å². The van der Waals surface area contributed by atoms with Gasteiger partial charge in [0.25, 0.3) is 5.91 Å². The molecule has 0 radical (unpaired) electrons. The molecule has 5 rings (SSSR count). The molecule has 1 saturated heterocycles. The van der Waals surface area contributed by atoms with Gasteiger partial charge in [-0.1, -0.05) is 59.9 Å². The van der Waals surface area contributed by atoms with Crippen LogP contribution in [0.15, 0.2) is 48.5 Å². The Hall–Kier alpha value is -3.72. The van der Waals surface area contributed by atoms with Gasteiger partial charge < -0.3 is 14.7 Å². The number of carboxylic acid groups (broad SMARTS) is 1. The molecule has 3 aromatic rings. The summed E-state index contributed by atoms with van der Waals surface area (Å²) in [5.41, 5.74) is 5.05. The van der Waals surface area contributed by atoms with Crippen molar-refractivity contribution in [2.45, 2.75) is 25.7 Å². The first kappa shape index (κ1) is 23.0. The van der Waals surface area contributed by atoms with E-state index in [9.17, 15) is 19.5 Å². The van der Waals surface area contributed by atoms with Gasteiger partial charge in [0.2, 0.25) is 0 Å². The van der Waals surface area contributed by atoms with E-state index in [1.54, 1.807) is 11.8 Å². The molecule has 8 nitrogen and oxygen atoms in total. The van der Waals surface area contributed by atoms with Crippen LogP contribution >= 0.6 is 11.3 Å². The average Bonchev–Trinajstić information content (AvgIpc) is 3.39. The highest BCUT2D eigenvalue weighted by Gasteiger charge is 2.31. The van der Waals surface area contributed by atoms with E-state index in [0.29, 0.717) is 30.0 Å². The van der Waals surface area contributed by atoms with E-state index in [0.717, 1.165) is 33.6 Å². The second-order valence-electron chi connectivity index (χ2n) is 8.81. The molecule has 2 amide bonds. The number of carboxylic acids is 1. The highest BCUT2D eigenvalue weighted by Crippen LogP contribution is 2.44. The van der Waals surface area contributed by atoms with Crippen molar-refractivity contribution in [1.29, 1.82) is 0 Å². The van der Waals surface area contributed by atoms with Crippen molar-refractivity contribution >= 4 is 34.4 Å². The fraction of sp³-hybridized carbons (Fsp3) is 0.308. The summed E-state index contributed by atoms with van der Waals surface area (Å²) in [4.78, 5) is 43.2. The molecule has 1 atom stereocenters. The van der Waals surface area contributed by atoms with Crippen molar-refractivity contribution in [3.63, 3.8) is 0 Å². The fourth-order valence-electron chi connectivity index (χ4n) is 4.88. The number of hydrogen-bond acceptors (Lipinski definition) is 6. The molecule has 0 bridgehead atoms. The number of aryl methyl sites for hydroxylation is 1. The maximum absolute atomic E-state index is 13.0. The van der Waals surface area contributed by atoms with Gasteiger partial charge in [0.15, 0.2) is 5.13 Å². The van der Waals surface area contributed by atoms with E-state index in [-0.39, 0.29) is 30.1 Å². The Balaban J connectivity index is 1.24. The molecule has 2 aliphatic rings. The summed E-state index contributed by atoms with van der Waals surface area (Å²) in [6.07, 6.45) is 0.573. The standard InChI is InChI=1S/C26H25N3O5S/c1-15-22(23(30)29-12-6-7-16(13-29)24(31)32)35-25(27-15)28-26(33)34-14-21-19-10-4-2-8-17(19)18-9-3-5-11-20(18)21/h2-5,8-11,16,21H,6-7,12-14H2,1H3,(H,31,32)(H,27,28,33)/t16-/m0/s1. The molecule has 2 heterocycles. The zero-order valence-corrected chi connectivity index (χ0v) is 20.0. The highest BCUT2D eigenvalue weighted by atomic mass is 32.1. The number of likely N-dealkylation sites (tertiary alicyclic amines) is 1. The zero-order chi connectivity index (χ0) is 24.5. The Morgan fingerprint density at radius 1 is 1.11 bits per heavy atom. The maximum atomic E-state index is 13.0. The first-order chi connectivity index (χ1) is 16.9. The van der Waals surface area contributed by atoms with Crippen LogP contribution in [0.1, 0.15) is 45.3 Å². The first-order valence-electron chi connectivity index (χ1n) is 11.5. The van der Waals surface area contributed by atoms with Gasteiger partial charge in [0, 0.05) is 19.0 Å². The molecule has 2 N–H and O–H groups in total. The smallest absolute Gasteiger partial charge is 0.413 e. The molecule has 1 aliphatic heterocycles. The van der Waals surface area contributed by atoms with Crippen LogP contribution in [0.2, 0.25) is 0 Å². The predicted octanol–water partition coefficient (Wildman–Crippen LogP) is 4.75. The van der Waals surface area contributed by atoms with E-state index < -0.39 is 18.0 Å². The average molecular weight is 492 g/mol. The van der Waals surface area contributed by atoms with Crippen molar-refractivity contribution in [3.05, 3.63) is 70.2 Å². The number of thiazole rings is 1. The van der Waals surface area contributed by atoms with E-state index in [4.69, 9.17) is 4.74 Å². The maximum Gasteiger partial charge on any atom is 0.413 e. The molecule has 0 spiro atoms. The Bertz CT molecular complexity index is 1260. The highest BCUT2D eigenvalue weighted by molar-refractivity contribution is 7.17. The molecule has 2 aromatic carbocycles. The topological polar surface area (TPSA) is 109 Å². The van der Waals surface area contributed by atoms with Crippen LogP contribution in [0.5, 0.6) is 0 Å². The number of hydrogen-bond donors (Lipinski definition) is 2. The molecule has 35 heavy (non-hydrogen) atoms. The van der Waals surface area contributed by atoms with Crippen LogP contribution in [0.25, 0.3) is 11.1 Å². The molecule has 1 aliphatic carbocycles. The number of rotatable bonds is 5. The summed E-state index contributed by atoms with van der Waals surface area (Å²) < 4.78 is 5.57. The molecule has 9 heteroatoms. The molecule has 180 valence electrons. The third-order valence-corrected chi connectivity index (χ3v) is 7.66. The van der Waals surface area contributed by atoms with E-state index in [2.05, 4.69) is 34.6 Å². The SMILES string of the molecule is Cc1nc(NC(=O)OCC2c3ccccc3-c3ccccc32)sc1C(=O)N1CCC[C@H](C(=O)O)C1. The number of amides is 2. The number of nitrogens with zero attached hydrogens (tertiary/aromatic N) is 2. The number of nitrogens with one attached hydrogen (secondary N) is 1. The number of carbonyl (C=O) groups is 3. The second-order valence-corrected chi connectivity index (χ2v) is 9.81. The van der Waals surface area contributed by atoms with Crippen LogP contribution in [-0.2, 0) is 9.53 Å². The lowest BCUT2D eigenvalue weighted by atomic mass is 9.98. The number of aromatic nitrogens is 1. The van der Waals surface area contributed by atoms with E-state index in [1.807, 2.05) is 24.3 Å². The number of benzene rings is 2. The number of fused-ring (bicyclic) bond motifs is 3. The van der Waals surface area contributed by atoms with Crippen LogP contribution in [0.3, 0.4) is 0 Å². The summed E-state index contributed by atoms with van der Waals surface area (Å²) in [5.74, 6) is -1.75. The molecular formula is C26H25N3O5S. The molecule has 0 unspecified atom stereocenters. The predicted molar refractivity (Wildman–Crippen MR) is 132 cm³/mol. The Labute approximate surface area is 206 Å². The molecule has 0 saturated carbocycles. The molecule has 1 fully saturated rings. The summed E-state index contributed by atoms with van der Waals surface area (Å²) in [6, 6.07) is 16.2. The number of aliphatic carboxylic acids is 1. The van der Waals surface area contributed by atoms with Crippen molar-refractivity contribution in [2.75, 3.05) is 25.0 Å². The third kappa shape index (κ3) is 4.51. The summed E-state index contributed by atoms with van der Waals surface area (Å²) >= 11 is 1.07. The number of anilines is 1. The minimum Gasteiger partial charge on any atom is -0.481 e. The lowest BCUT2D eigenvalue weighted by Crippen LogP contribution is -2.42. The first-order valence-corrected chi connectivity index (χ1v) is 12.4. The zero-order valence-electron chi connectivity index (χ0n) is 19.2. The fourth-order valence-corrected chi connectivity index (χ4v) is 5.80. The van der Waals surface area contributed by atoms with Crippen LogP contribution in [-0.4, -0.2) is 52.7 Å². The molecular weight excluding hydrogens is 466 g/mol. The Morgan fingerprint density at radius 2 is 1.77 bits per heavy atom. The minimum absolute atomic E-state index is 0.0513. The quantitative estimate of drug-likeness (QED) is 0.533. The van der Waals surface area contributed by atoms with Gasteiger partial charge in [0.1, 0.15) is 11.5 Å². The van der Waals surface area contributed by atoms with Crippen molar-refractivity contribution < 1.29 is 24.2 Å². The Morgan fingerprint density at radius 3 is 2.43 bits per heavy atom. The number of piperidine rings is 1. The van der Waals surface area contributed by atoms with Gasteiger partial charge >= 0.3 is 12.1 Å². The van der Waals surface area contributed by atoms with Crippen molar-refractivity contribution in [3.8, 4) is 11.1 Å². The lowest BCUT2D eigenvalue weighted by molar-refractivity contribution is -0.143. The van der Waals surface area contributed by atoms with Gasteiger partial charge in [-0.25, -0.2) is 9.78 Å². The van der Waals surface area contributed by atoms with Crippen molar-refractivity contribution in [1.82, 2.24) is 9.88 Å². The van der Waals surface area contributed by atoms with Crippen LogP contribution in [0, 0.1) is 12.8 Å². The second kappa shape index (κ2) is 9.50. The van der Waals surface area contributed by atoms with Gasteiger partial charge in [-0.05, 0) is 42.0 Å². The molecule has 1 aromatic heterocycles. The van der Waals surface area contributed by atoms with Crippen LogP contribution in [0.4, 0.5) is 9.93 Å². The van der Waals surface area contributed by atoms with E-state index >= 15 is 0 Å². The van der Waals surface area contributed by atoms with Crippen molar-refractivity contribution in [2.24, 2.45) is 5.92 Å². The summed E-state index contributed by atoms with van der Waals surface area (Å²) in [6.45, 7) is 2.57. The van der Waals surface area contributed by atoms with Gasteiger partial charge in [-0.3, -0.25) is 14.9 Å². The third-order valence-electron chi connectivity index (χ3n) is 6.60. The number of carbonyl (C=O) groups excluding carboxylic acids is 2. The minimum atomic E-state index is -0.888.